The standard InChI is InChI=1S/C62H66N2O14/c1-39-62(40(2)64-63-39)25-41-11-56(73-37-46-21-58(75-33-42-13-48(65-3)26-49(14-42)66-4)31-59(22-46)76-34-43-15-50(67-5)27-51(16-43)68-6)30-57(12-41)74-38-47-23-60(77-35-44-17-52(69-7)28-53(18-44)70-8)32-61(24-47)78-36-45-19-54(71-9)29-55(20-45)72-10/h11-24,26-32H,25,33-38H2,1-10H3,(H,63,64). The van der Waals surface area contributed by atoms with Gasteiger partial charge in [0.1, 0.15) is 120 Å². The molecule has 78 heavy (non-hydrogen) atoms. The molecule has 8 rings (SSSR count). The minimum atomic E-state index is 0.165. The maximum atomic E-state index is 6.66. The second kappa shape index (κ2) is 26.6. The minimum absolute atomic E-state index is 0.165. The molecule has 16 heteroatoms. The van der Waals surface area contributed by atoms with Crippen molar-refractivity contribution in [3.05, 3.63) is 183 Å². The molecular formula is C62H66N2O14. The Morgan fingerprint density at radius 1 is 0.269 bits per heavy atom. The van der Waals surface area contributed by atoms with E-state index >= 15 is 0 Å². The van der Waals surface area contributed by atoms with Gasteiger partial charge in [0.25, 0.3) is 0 Å². The predicted octanol–water partition coefficient (Wildman–Crippen LogP) is 12.2. The van der Waals surface area contributed by atoms with Gasteiger partial charge in [-0.15, -0.1) is 0 Å². The smallest absolute Gasteiger partial charge is 0.123 e. The summed E-state index contributed by atoms with van der Waals surface area (Å²) in [7, 11) is 12.9. The fourth-order valence-corrected chi connectivity index (χ4v) is 8.50. The van der Waals surface area contributed by atoms with E-state index in [1.54, 1.807) is 56.9 Å². The van der Waals surface area contributed by atoms with Gasteiger partial charge in [-0.05, 0) is 138 Å². The predicted molar refractivity (Wildman–Crippen MR) is 294 cm³/mol. The first-order chi connectivity index (χ1) is 37.9. The minimum Gasteiger partial charge on any atom is -0.497 e. The van der Waals surface area contributed by atoms with Gasteiger partial charge in [-0.25, -0.2) is 0 Å². The SMILES string of the molecule is COc1cc(COc2cc(COc3cc(Cc4c(C)n[nH]c4C)cc(OCc4cc(OCc5cc(OC)cc(OC)c5)cc(OCc5cc(OC)cc(OC)c5)c4)c3)cc(OCc3cc(OC)cc(OC)c3)c2)cc(OC)c1. The summed E-state index contributed by atoms with van der Waals surface area (Å²) in [4.78, 5) is 0. The molecule has 0 aliphatic carbocycles. The van der Waals surface area contributed by atoms with Crippen LogP contribution >= 0.6 is 0 Å². The van der Waals surface area contributed by atoms with Gasteiger partial charge in [0, 0.05) is 60.1 Å². The zero-order valence-electron chi connectivity index (χ0n) is 45.7. The lowest BCUT2D eigenvalue weighted by molar-refractivity contribution is 0.275. The Morgan fingerprint density at radius 3 is 0.654 bits per heavy atom. The van der Waals surface area contributed by atoms with Crippen LogP contribution in [0.4, 0.5) is 0 Å². The second-order valence-corrected chi connectivity index (χ2v) is 18.1. The van der Waals surface area contributed by atoms with Gasteiger partial charge in [-0.3, -0.25) is 5.10 Å². The number of ether oxygens (including phenoxy) is 14. The number of rotatable bonds is 28. The Kier molecular flexibility index (Phi) is 18.8. The fraction of sp³-hybridized carbons (Fsp3) is 0.274. The monoisotopic (exact) mass is 1060 g/mol. The lowest BCUT2D eigenvalue weighted by Gasteiger charge is -2.16. The fourth-order valence-electron chi connectivity index (χ4n) is 8.50. The zero-order valence-corrected chi connectivity index (χ0v) is 45.7. The first-order valence-corrected chi connectivity index (χ1v) is 25.0. The molecule has 1 heterocycles. The number of nitrogens with zero attached hydrogens (tertiary/aromatic N) is 1. The lowest BCUT2D eigenvalue weighted by Crippen LogP contribution is -2.04. The molecule has 0 aliphatic heterocycles. The highest BCUT2D eigenvalue weighted by atomic mass is 16.5. The normalized spacial score (nSPS) is 10.8. The van der Waals surface area contributed by atoms with Crippen LogP contribution in [0.15, 0.2) is 127 Å². The van der Waals surface area contributed by atoms with E-state index in [2.05, 4.69) is 10.2 Å². The molecule has 0 saturated heterocycles. The van der Waals surface area contributed by atoms with E-state index in [0.717, 1.165) is 55.9 Å². The van der Waals surface area contributed by atoms with Gasteiger partial charge < -0.3 is 66.3 Å². The van der Waals surface area contributed by atoms with Crippen LogP contribution in [0.1, 0.15) is 55.9 Å². The third-order valence-corrected chi connectivity index (χ3v) is 12.6. The quantitative estimate of drug-likeness (QED) is 0.0493. The van der Waals surface area contributed by atoms with E-state index in [1.165, 1.54) is 0 Å². The number of benzene rings is 7. The average molecular weight is 1060 g/mol. The number of nitrogens with one attached hydrogen (secondary N) is 1. The van der Waals surface area contributed by atoms with Gasteiger partial charge in [0.15, 0.2) is 0 Å². The molecule has 408 valence electrons. The van der Waals surface area contributed by atoms with Crippen LogP contribution in [0.3, 0.4) is 0 Å². The van der Waals surface area contributed by atoms with Crippen LogP contribution in [0.2, 0.25) is 0 Å². The maximum absolute atomic E-state index is 6.66. The van der Waals surface area contributed by atoms with E-state index in [1.807, 2.05) is 141 Å². The maximum Gasteiger partial charge on any atom is 0.123 e. The number of methoxy groups -OCH3 is 8. The molecule has 0 fully saturated rings. The third-order valence-electron chi connectivity index (χ3n) is 12.6. The summed E-state index contributed by atoms with van der Waals surface area (Å²) in [6.45, 7) is 5.27. The summed E-state index contributed by atoms with van der Waals surface area (Å²) < 4.78 is 83.1. The van der Waals surface area contributed by atoms with Crippen molar-refractivity contribution >= 4 is 0 Å². The molecule has 0 saturated carbocycles. The van der Waals surface area contributed by atoms with Crippen LogP contribution in [-0.4, -0.2) is 67.1 Å². The van der Waals surface area contributed by atoms with E-state index in [-0.39, 0.29) is 39.6 Å². The van der Waals surface area contributed by atoms with Crippen molar-refractivity contribution in [1.82, 2.24) is 10.2 Å². The van der Waals surface area contributed by atoms with Gasteiger partial charge in [0.2, 0.25) is 0 Å². The van der Waals surface area contributed by atoms with Crippen molar-refractivity contribution in [2.75, 3.05) is 56.9 Å². The van der Waals surface area contributed by atoms with E-state index in [0.29, 0.717) is 86.9 Å². The van der Waals surface area contributed by atoms with Crippen molar-refractivity contribution in [3.8, 4) is 80.5 Å². The van der Waals surface area contributed by atoms with Gasteiger partial charge in [0.05, 0.1) is 62.6 Å². The highest BCUT2D eigenvalue weighted by Crippen LogP contribution is 2.34. The number of hydrogen-bond acceptors (Lipinski definition) is 15. The molecule has 0 spiro atoms. The highest BCUT2D eigenvalue weighted by Gasteiger charge is 2.15. The number of aromatic amines is 1. The molecule has 0 radical (unpaired) electrons. The van der Waals surface area contributed by atoms with Gasteiger partial charge in [-0.1, -0.05) is 0 Å². The summed E-state index contributed by atoms with van der Waals surface area (Å²) in [6.07, 6.45) is 0.582. The van der Waals surface area contributed by atoms with Crippen molar-refractivity contribution in [2.45, 2.75) is 59.9 Å². The first-order valence-electron chi connectivity index (χ1n) is 25.0. The summed E-state index contributed by atoms with van der Waals surface area (Å²) >= 11 is 0. The van der Waals surface area contributed by atoms with E-state index in [4.69, 9.17) is 66.3 Å². The highest BCUT2D eigenvalue weighted by molar-refractivity contribution is 5.46. The van der Waals surface area contributed by atoms with Crippen molar-refractivity contribution in [3.63, 3.8) is 0 Å². The zero-order chi connectivity index (χ0) is 55.0. The topological polar surface area (TPSA) is 158 Å². The van der Waals surface area contributed by atoms with Crippen molar-refractivity contribution in [2.24, 2.45) is 0 Å². The third kappa shape index (κ3) is 15.3. The largest absolute Gasteiger partial charge is 0.497 e. The molecular weight excluding hydrogens is 997 g/mol. The Morgan fingerprint density at radius 2 is 0.462 bits per heavy atom. The van der Waals surface area contributed by atoms with E-state index < -0.39 is 0 Å². The van der Waals surface area contributed by atoms with Crippen molar-refractivity contribution < 1.29 is 66.3 Å². The summed E-state index contributed by atoms with van der Waals surface area (Å²) in [5.41, 5.74) is 8.97. The molecule has 0 amide bonds. The summed E-state index contributed by atoms with van der Waals surface area (Å²) in [5.74, 6) is 8.70. The van der Waals surface area contributed by atoms with Crippen LogP contribution in [0.25, 0.3) is 0 Å². The lowest BCUT2D eigenvalue weighted by atomic mass is 10.0. The Labute approximate surface area is 455 Å². The molecule has 7 aromatic carbocycles. The number of aryl methyl sites for hydroxylation is 2. The summed E-state index contributed by atoms with van der Waals surface area (Å²) in [5, 5.41) is 7.58. The molecule has 0 aliphatic rings. The summed E-state index contributed by atoms with van der Waals surface area (Å²) in [6, 6.07) is 39.9. The average Bonchev–Trinajstić information content (AvgIpc) is 3.81. The molecule has 0 atom stereocenters. The molecule has 0 bridgehead atoms. The number of H-pyrrole nitrogens is 1. The van der Waals surface area contributed by atoms with Gasteiger partial charge in [-0.2, -0.15) is 5.10 Å². The molecule has 8 aromatic rings. The Hall–Kier alpha value is -9.05. The first kappa shape index (κ1) is 55.2. The molecule has 0 unspecified atom stereocenters. The Bertz CT molecular complexity index is 2830. The second-order valence-electron chi connectivity index (χ2n) is 18.1. The van der Waals surface area contributed by atoms with Crippen LogP contribution in [0.5, 0.6) is 80.5 Å². The number of hydrogen-bond donors (Lipinski definition) is 1. The van der Waals surface area contributed by atoms with Gasteiger partial charge >= 0.3 is 0 Å². The van der Waals surface area contributed by atoms with E-state index in [9.17, 15) is 0 Å². The molecule has 1 N–H and O–H groups in total. The number of aromatic nitrogens is 2. The van der Waals surface area contributed by atoms with Crippen LogP contribution in [0, 0.1) is 13.8 Å². The van der Waals surface area contributed by atoms with Crippen molar-refractivity contribution in [1.29, 1.82) is 0 Å². The van der Waals surface area contributed by atoms with Crippen LogP contribution < -0.4 is 66.3 Å². The Balaban J connectivity index is 1.07. The van der Waals surface area contributed by atoms with Crippen LogP contribution in [-0.2, 0) is 46.1 Å². The molecule has 1 aromatic heterocycles. The molecule has 16 nitrogen and oxygen atoms in total.